The number of hydrogen-bond acceptors (Lipinski definition) is 4. The zero-order chi connectivity index (χ0) is 15.5. The van der Waals surface area contributed by atoms with Gasteiger partial charge in [0.05, 0.1) is 0 Å². The summed E-state index contributed by atoms with van der Waals surface area (Å²) in [6.07, 6.45) is 2.24. The minimum absolute atomic E-state index is 0.233. The van der Waals surface area contributed by atoms with Crippen LogP contribution in [0.5, 0.6) is 11.5 Å². The van der Waals surface area contributed by atoms with Crippen molar-refractivity contribution in [3.8, 4) is 11.5 Å². The third kappa shape index (κ3) is 2.90. The van der Waals surface area contributed by atoms with Crippen molar-refractivity contribution < 1.29 is 9.47 Å². The Kier molecular flexibility index (Phi) is 3.68. The van der Waals surface area contributed by atoms with E-state index in [4.69, 9.17) is 9.47 Å². The second kappa shape index (κ2) is 6.12. The van der Waals surface area contributed by atoms with Gasteiger partial charge in [0.2, 0.25) is 0 Å². The minimum Gasteiger partial charge on any atom is -0.485 e. The zero-order valence-corrected chi connectivity index (χ0v) is 12.6. The SMILES string of the molecule is c1ccc(CCn2ncnc2[C@@H]2COc3ccccc3O2)cc1. The molecule has 2 heterocycles. The number of rotatable bonds is 4. The molecule has 0 bridgehead atoms. The number of hydrogen-bond donors (Lipinski definition) is 0. The van der Waals surface area contributed by atoms with E-state index in [2.05, 4.69) is 22.2 Å². The van der Waals surface area contributed by atoms with Gasteiger partial charge in [0.1, 0.15) is 12.9 Å². The molecular formula is C18H17N3O2. The Bertz CT molecular complexity index is 786. The quantitative estimate of drug-likeness (QED) is 0.743. The van der Waals surface area contributed by atoms with Gasteiger partial charge in [0.25, 0.3) is 0 Å². The maximum atomic E-state index is 6.02. The van der Waals surface area contributed by atoms with Crippen LogP contribution in [0.3, 0.4) is 0 Å². The van der Waals surface area contributed by atoms with Crippen LogP contribution in [0.15, 0.2) is 60.9 Å². The fourth-order valence-corrected chi connectivity index (χ4v) is 2.72. The van der Waals surface area contributed by atoms with Gasteiger partial charge < -0.3 is 9.47 Å². The predicted octanol–water partition coefficient (Wildman–Crippen LogP) is 3.03. The monoisotopic (exact) mass is 307 g/mol. The maximum Gasteiger partial charge on any atom is 0.191 e. The molecule has 2 aromatic carbocycles. The predicted molar refractivity (Wildman–Crippen MR) is 85.5 cm³/mol. The molecule has 1 aliphatic heterocycles. The van der Waals surface area contributed by atoms with Crippen LogP contribution in [0.1, 0.15) is 17.5 Å². The highest BCUT2D eigenvalue weighted by Crippen LogP contribution is 2.35. The molecule has 0 saturated carbocycles. The van der Waals surface area contributed by atoms with Crippen LogP contribution < -0.4 is 9.47 Å². The number of ether oxygens (including phenoxy) is 2. The Hall–Kier alpha value is -2.82. The topological polar surface area (TPSA) is 49.2 Å². The molecule has 23 heavy (non-hydrogen) atoms. The molecule has 1 atom stereocenters. The lowest BCUT2D eigenvalue weighted by molar-refractivity contribution is 0.0815. The van der Waals surface area contributed by atoms with Crippen molar-refractivity contribution in [2.45, 2.75) is 19.1 Å². The van der Waals surface area contributed by atoms with Crippen LogP contribution >= 0.6 is 0 Å². The molecule has 116 valence electrons. The average molecular weight is 307 g/mol. The number of fused-ring (bicyclic) bond motifs is 1. The maximum absolute atomic E-state index is 6.02. The van der Waals surface area contributed by atoms with Crippen molar-refractivity contribution in [3.63, 3.8) is 0 Å². The number of aromatic nitrogens is 3. The van der Waals surface area contributed by atoms with Gasteiger partial charge in [-0.05, 0) is 24.1 Å². The van der Waals surface area contributed by atoms with E-state index >= 15 is 0 Å². The third-order valence-corrected chi connectivity index (χ3v) is 3.90. The highest BCUT2D eigenvalue weighted by Gasteiger charge is 2.26. The molecule has 0 radical (unpaired) electrons. The summed E-state index contributed by atoms with van der Waals surface area (Å²) in [5, 5.41) is 4.33. The second-order valence-electron chi connectivity index (χ2n) is 5.44. The smallest absolute Gasteiger partial charge is 0.191 e. The van der Waals surface area contributed by atoms with Gasteiger partial charge in [0.15, 0.2) is 23.4 Å². The first-order valence-electron chi connectivity index (χ1n) is 7.70. The van der Waals surface area contributed by atoms with E-state index in [-0.39, 0.29) is 6.10 Å². The largest absolute Gasteiger partial charge is 0.485 e. The summed E-state index contributed by atoms with van der Waals surface area (Å²) >= 11 is 0. The average Bonchev–Trinajstić information content (AvgIpc) is 3.09. The molecule has 5 heteroatoms. The Balaban J connectivity index is 1.49. The van der Waals surface area contributed by atoms with Crippen molar-refractivity contribution in [3.05, 3.63) is 72.3 Å². The first kappa shape index (κ1) is 13.8. The lowest BCUT2D eigenvalue weighted by Crippen LogP contribution is -2.25. The van der Waals surface area contributed by atoms with E-state index in [0.717, 1.165) is 30.3 Å². The molecule has 1 aliphatic rings. The molecule has 5 nitrogen and oxygen atoms in total. The first-order chi connectivity index (χ1) is 11.4. The van der Waals surface area contributed by atoms with Crippen molar-refractivity contribution in [2.24, 2.45) is 0 Å². The van der Waals surface area contributed by atoms with E-state index in [1.165, 1.54) is 5.56 Å². The van der Waals surface area contributed by atoms with Crippen LogP contribution in [-0.4, -0.2) is 21.4 Å². The van der Waals surface area contributed by atoms with E-state index in [9.17, 15) is 0 Å². The Labute approximate surface area is 134 Å². The lowest BCUT2D eigenvalue weighted by Gasteiger charge is -2.26. The summed E-state index contributed by atoms with van der Waals surface area (Å²) in [6.45, 7) is 1.21. The van der Waals surface area contributed by atoms with Crippen molar-refractivity contribution in [1.82, 2.24) is 14.8 Å². The number of benzene rings is 2. The van der Waals surface area contributed by atoms with Gasteiger partial charge in [-0.3, -0.25) is 0 Å². The van der Waals surface area contributed by atoms with E-state index in [1.807, 2.05) is 47.1 Å². The zero-order valence-electron chi connectivity index (χ0n) is 12.6. The van der Waals surface area contributed by atoms with Gasteiger partial charge in [0, 0.05) is 6.54 Å². The van der Waals surface area contributed by atoms with Crippen molar-refractivity contribution >= 4 is 0 Å². The van der Waals surface area contributed by atoms with Crippen molar-refractivity contribution in [1.29, 1.82) is 0 Å². The molecule has 0 unspecified atom stereocenters. The van der Waals surface area contributed by atoms with Crippen LogP contribution in [0.4, 0.5) is 0 Å². The van der Waals surface area contributed by atoms with Gasteiger partial charge in [-0.25, -0.2) is 9.67 Å². The molecule has 4 rings (SSSR count). The highest BCUT2D eigenvalue weighted by molar-refractivity contribution is 5.41. The van der Waals surface area contributed by atoms with Gasteiger partial charge >= 0.3 is 0 Å². The summed E-state index contributed by atoms with van der Waals surface area (Å²) in [5.41, 5.74) is 1.28. The first-order valence-corrected chi connectivity index (χ1v) is 7.70. The van der Waals surface area contributed by atoms with Gasteiger partial charge in [-0.1, -0.05) is 42.5 Å². The molecule has 0 amide bonds. The van der Waals surface area contributed by atoms with Crippen molar-refractivity contribution in [2.75, 3.05) is 6.61 Å². The van der Waals surface area contributed by atoms with E-state index < -0.39 is 0 Å². The Morgan fingerprint density at radius 2 is 1.78 bits per heavy atom. The second-order valence-corrected chi connectivity index (χ2v) is 5.44. The van der Waals surface area contributed by atoms with Crippen LogP contribution in [0, 0.1) is 0 Å². The summed E-state index contributed by atoms with van der Waals surface area (Å²) in [7, 11) is 0. The molecule has 0 spiro atoms. The summed E-state index contributed by atoms with van der Waals surface area (Å²) in [4.78, 5) is 4.37. The summed E-state index contributed by atoms with van der Waals surface area (Å²) in [5.74, 6) is 2.33. The summed E-state index contributed by atoms with van der Waals surface area (Å²) < 4.78 is 13.7. The van der Waals surface area contributed by atoms with Crippen LogP contribution in [0.2, 0.25) is 0 Å². The molecule has 0 saturated heterocycles. The minimum atomic E-state index is -0.233. The third-order valence-electron chi connectivity index (χ3n) is 3.90. The van der Waals surface area contributed by atoms with Crippen LogP contribution in [-0.2, 0) is 13.0 Å². The van der Waals surface area contributed by atoms with Gasteiger partial charge in [-0.2, -0.15) is 5.10 Å². The molecule has 0 aliphatic carbocycles. The Morgan fingerprint density at radius 1 is 1.00 bits per heavy atom. The molecule has 3 aromatic rings. The number of nitrogens with zero attached hydrogens (tertiary/aromatic N) is 3. The molecule has 0 N–H and O–H groups in total. The fraction of sp³-hybridized carbons (Fsp3) is 0.222. The number of aryl methyl sites for hydroxylation is 2. The van der Waals surface area contributed by atoms with E-state index in [1.54, 1.807) is 6.33 Å². The molecule has 1 aromatic heterocycles. The summed E-state index contributed by atoms with van der Waals surface area (Å²) in [6, 6.07) is 18.0. The molecule has 0 fully saturated rings. The highest BCUT2D eigenvalue weighted by atomic mass is 16.6. The molecular weight excluding hydrogens is 290 g/mol. The lowest BCUT2D eigenvalue weighted by atomic mass is 10.1. The standard InChI is InChI=1S/C18H17N3O2/c1-2-6-14(7-3-1)10-11-21-18(19-13-20-21)17-12-22-15-8-4-5-9-16(15)23-17/h1-9,13,17H,10-12H2/t17-/m0/s1. The van der Waals surface area contributed by atoms with E-state index in [0.29, 0.717) is 6.61 Å². The Morgan fingerprint density at radius 3 is 2.65 bits per heavy atom. The fourth-order valence-electron chi connectivity index (χ4n) is 2.72. The number of para-hydroxylation sites is 2. The van der Waals surface area contributed by atoms with Crippen LogP contribution in [0.25, 0.3) is 0 Å². The van der Waals surface area contributed by atoms with Gasteiger partial charge in [-0.15, -0.1) is 0 Å². The normalized spacial score (nSPS) is 16.3.